The van der Waals surface area contributed by atoms with E-state index in [0.717, 1.165) is 0 Å². The van der Waals surface area contributed by atoms with Gasteiger partial charge in [-0.1, -0.05) is 11.6 Å². The van der Waals surface area contributed by atoms with Gasteiger partial charge in [-0.05, 0) is 30.0 Å². The molecule has 132 valence electrons. The van der Waals surface area contributed by atoms with Gasteiger partial charge in [-0.15, -0.1) is 0 Å². The third-order valence-corrected chi connectivity index (χ3v) is 5.78. The van der Waals surface area contributed by atoms with Crippen molar-refractivity contribution in [2.45, 2.75) is 12.8 Å². The van der Waals surface area contributed by atoms with Gasteiger partial charge < -0.3 is 9.47 Å². The standard InChI is InChI=1S/C15H19ClN2O5S/c1-22-13-6-11(5-12(16)15(13)23-2)8-17-18-14(19)7-10-3-4-24(20,21)9-10/h5-6,8,10H,3-4,7,9H2,1-2H3,(H,18,19)/b17-8-/t10-/m1/s1. The number of amides is 1. The maximum atomic E-state index is 11.8. The van der Waals surface area contributed by atoms with E-state index in [-0.39, 0.29) is 29.8 Å². The molecule has 1 heterocycles. The number of hydrogen-bond donors (Lipinski definition) is 1. The third-order valence-electron chi connectivity index (χ3n) is 3.66. The Kier molecular flexibility index (Phi) is 6.06. The average molecular weight is 375 g/mol. The zero-order valence-electron chi connectivity index (χ0n) is 13.4. The molecule has 1 saturated heterocycles. The zero-order chi connectivity index (χ0) is 17.7. The molecule has 0 aliphatic carbocycles. The van der Waals surface area contributed by atoms with Crippen LogP contribution in [0.25, 0.3) is 0 Å². The van der Waals surface area contributed by atoms with Crippen molar-refractivity contribution in [2.75, 3.05) is 25.7 Å². The molecule has 0 radical (unpaired) electrons. The van der Waals surface area contributed by atoms with Crippen LogP contribution < -0.4 is 14.9 Å². The first-order valence-corrected chi connectivity index (χ1v) is 9.48. The van der Waals surface area contributed by atoms with Gasteiger partial charge >= 0.3 is 0 Å². The summed E-state index contributed by atoms with van der Waals surface area (Å²) < 4.78 is 33.1. The summed E-state index contributed by atoms with van der Waals surface area (Å²) in [7, 11) is -0.00288. The first kappa shape index (κ1) is 18.5. The van der Waals surface area contributed by atoms with E-state index in [1.165, 1.54) is 20.4 Å². The monoisotopic (exact) mass is 374 g/mol. The van der Waals surface area contributed by atoms with Gasteiger partial charge in [-0.3, -0.25) is 4.79 Å². The van der Waals surface area contributed by atoms with Crippen LogP contribution in [0.15, 0.2) is 17.2 Å². The third kappa shape index (κ3) is 4.85. The molecule has 24 heavy (non-hydrogen) atoms. The predicted octanol–water partition coefficient (Wildman–Crippen LogP) is 1.63. The van der Waals surface area contributed by atoms with Gasteiger partial charge in [-0.25, -0.2) is 13.8 Å². The fourth-order valence-corrected chi connectivity index (χ4v) is 4.69. The van der Waals surface area contributed by atoms with Crippen LogP contribution in [-0.2, 0) is 14.6 Å². The van der Waals surface area contributed by atoms with E-state index in [1.807, 2.05) is 0 Å². The normalized spacial score (nSPS) is 19.4. The van der Waals surface area contributed by atoms with Gasteiger partial charge in [0.15, 0.2) is 21.3 Å². The molecule has 7 nitrogen and oxygen atoms in total. The summed E-state index contributed by atoms with van der Waals surface area (Å²) in [6, 6.07) is 3.30. The van der Waals surface area contributed by atoms with Gasteiger partial charge in [0, 0.05) is 6.42 Å². The van der Waals surface area contributed by atoms with Crippen LogP contribution in [0.1, 0.15) is 18.4 Å². The van der Waals surface area contributed by atoms with Crippen LogP contribution in [0, 0.1) is 5.92 Å². The predicted molar refractivity (Wildman–Crippen MR) is 91.7 cm³/mol. The van der Waals surface area contributed by atoms with Gasteiger partial charge in [0.2, 0.25) is 5.91 Å². The van der Waals surface area contributed by atoms with Crippen LogP contribution in [0.4, 0.5) is 0 Å². The van der Waals surface area contributed by atoms with Crippen molar-refractivity contribution in [1.29, 1.82) is 0 Å². The quantitative estimate of drug-likeness (QED) is 0.603. The van der Waals surface area contributed by atoms with E-state index in [2.05, 4.69) is 10.5 Å². The Morgan fingerprint density at radius 1 is 1.42 bits per heavy atom. The average Bonchev–Trinajstić information content (AvgIpc) is 2.85. The molecule has 9 heteroatoms. The zero-order valence-corrected chi connectivity index (χ0v) is 15.0. The highest BCUT2D eigenvalue weighted by Crippen LogP contribution is 2.35. The van der Waals surface area contributed by atoms with Crippen LogP contribution in [0.2, 0.25) is 5.02 Å². The molecule has 1 N–H and O–H groups in total. The maximum absolute atomic E-state index is 11.8. The van der Waals surface area contributed by atoms with E-state index in [0.29, 0.717) is 28.5 Å². The van der Waals surface area contributed by atoms with E-state index in [1.54, 1.807) is 12.1 Å². The molecule has 1 aliphatic heterocycles. The Balaban J connectivity index is 1.94. The highest BCUT2D eigenvalue weighted by atomic mass is 35.5. The lowest BCUT2D eigenvalue weighted by atomic mass is 10.1. The number of methoxy groups -OCH3 is 2. The van der Waals surface area contributed by atoms with Crippen molar-refractivity contribution in [1.82, 2.24) is 5.43 Å². The second-order valence-electron chi connectivity index (χ2n) is 5.50. The Bertz CT molecular complexity index is 748. The molecule has 1 fully saturated rings. The van der Waals surface area contributed by atoms with Crippen molar-refractivity contribution >= 4 is 33.6 Å². The highest BCUT2D eigenvalue weighted by molar-refractivity contribution is 7.91. The number of benzene rings is 1. The van der Waals surface area contributed by atoms with Crippen molar-refractivity contribution in [3.8, 4) is 11.5 Å². The van der Waals surface area contributed by atoms with Crippen LogP contribution in [0.3, 0.4) is 0 Å². The number of halogens is 1. The number of hydrogen-bond acceptors (Lipinski definition) is 6. The number of carbonyl (C=O) groups excluding carboxylic acids is 1. The minimum Gasteiger partial charge on any atom is -0.493 e. The molecule has 0 unspecified atom stereocenters. The highest BCUT2D eigenvalue weighted by Gasteiger charge is 2.29. The molecule has 0 bridgehead atoms. The first-order valence-electron chi connectivity index (χ1n) is 7.28. The number of sulfone groups is 1. The van der Waals surface area contributed by atoms with Crippen LogP contribution >= 0.6 is 11.6 Å². The van der Waals surface area contributed by atoms with Gasteiger partial charge in [-0.2, -0.15) is 5.10 Å². The second kappa shape index (κ2) is 7.85. The minimum absolute atomic E-state index is 0.0649. The fourth-order valence-electron chi connectivity index (χ4n) is 2.53. The minimum atomic E-state index is -2.98. The number of rotatable bonds is 6. The molecule has 1 amide bonds. The molecule has 1 aromatic carbocycles. The summed E-state index contributed by atoms with van der Waals surface area (Å²) in [4.78, 5) is 11.8. The molecule has 0 spiro atoms. The van der Waals surface area contributed by atoms with E-state index >= 15 is 0 Å². The Hall–Kier alpha value is -1.80. The van der Waals surface area contributed by atoms with E-state index in [9.17, 15) is 13.2 Å². The molecule has 2 rings (SSSR count). The first-order chi connectivity index (χ1) is 11.3. The summed E-state index contributed by atoms with van der Waals surface area (Å²) in [6.07, 6.45) is 2.09. The van der Waals surface area contributed by atoms with E-state index < -0.39 is 9.84 Å². The molecule has 1 atom stereocenters. The number of nitrogens with one attached hydrogen (secondary N) is 1. The lowest BCUT2D eigenvalue weighted by Crippen LogP contribution is -2.21. The van der Waals surface area contributed by atoms with Crippen LogP contribution in [-0.4, -0.2) is 46.3 Å². The molecule has 1 aliphatic rings. The molecule has 0 saturated carbocycles. The summed E-state index contributed by atoms with van der Waals surface area (Å²) in [5.74, 6) is 0.630. The van der Waals surface area contributed by atoms with Gasteiger partial charge in [0.25, 0.3) is 0 Å². The van der Waals surface area contributed by atoms with Crippen molar-refractivity contribution < 1.29 is 22.7 Å². The summed E-state index contributed by atoms with van der Waals surface area (Å²) in [5, 5.41) is 4.22. The number of carbonyl (C=O) groups is 1. The summed E-state index contributed by atoms with van der Waals surface area (Å²) in [6.45, 7) is 0. The molecule has 1 aromatic rings. The summed E-state index contributed by atoms with van der Waals surface area (Å²) in [5.41, 5.74) is 3.02. The molecular formula is C15H19ClN2O5S. The number of hydrazone groups is 1. The smallest absolute Gasteiger partial charge is 0.240 e. The molecule has 0 aromatic heterocycles. The SMILES string of the molecule is COc1cc(/C=N\NC(=O)C[C@H]2CCS(=O)(=O)C2)cc(Cl)c1OC. The van der Waals surface area contributed by atoms with Crippen molar-refractivity contribution in [3.05, 3.63) is 22.7 Å². The number of nitrogens with zero attached hydrogens (tertiary/aromatic N) is 1. The van der Waals surface area contributed by atoms with Gasteiger partial charge in [0.1, 0.15) is 0 Å². The second-order valence-corrected chi connectivity index (χ2v) is 8.14. The summed E-state index contributed by atoms with van der Waals surface area (Å²) >= 11 is 6.08. The lowest BCUT2D eigenvalue weighted by molar-refractivity contribution is -0.121. The Morgan fingerprint density at radius 2 is 2.17 bits per heavy atom. The van der Waals surface area contributed by atoms with E-state index in [4.69, 9.17) is 21.1 Å². The Labute approximate surface area is 145 Å². The van der Waals surface area contributed by atoms with Crippen molar-refractivity contribution in [2.24, 2.45) is 11.0 Å². The van der Waals surface area contributed by atoms with Crippen molar-refractivity contribution in [3.63, 3.8) is 0 Å². The number of ether oxygens (including phenoxy) is 2. The largest absolute Gasteiger partial charge is 0.493 e. The molecular weight excluding hydrogens is 356 g/mol. The van der Waals surface area contributed by atoms with Crippen LogP contribution in [0.5, 0.6) is 11.5 Å². The van der Waals surface area contributed by atoms with Gasteiger partial charge in [0.05, 0.1) is 37.0 Å². The lowest BCUT2D eigenvalue weighted by Gasteiger charge is -2.10. The Morgan fingerprint density at radius 3 is 2.75 bits per heavy atom. The topological polar surface area (TPSA) is 94.1 Å². The maximum Gasteiger partial charge on any atom is 0.240 e. The fraction of sp³-hybridized carbons (Fsp3) is 0.467.